The Hall–Kier alpha value is -3.62. The van der Waals surface area contributed by atoms with Crippen LogP contribution in [0.5, 0.6) is 0 Å². The molecule has 0 fully saturated rings. The topological polar surface area (TPSA) is 101 Å². The van der Waals surface area contributed by atoms with E-state index in [1.165, 1.54) is 24.3 Å². The van der Waals surface area contributed by atoms with E-state index in [1.54, 1.807) is 24.3 Å². The predicted octanol–water partition coefficient (Wildman–Crippen LogP) is 4.75. The summed E-state index contributed by atoms with van der Waals surface area (Å²) in [5, 5.41) is 7.83. The molecule has 0 bridgehead atoms. The van der Waals surface area contributed by atoms with Crippen molar-refractivity contribution in [3.63, 3.8) is 0 Å². The van der Waals surface area contributed by atoms with Crippen molar-refractivity contribution >= 4 is 44.2 Å². The molecule has 0 unspecified atom stereocenters. The zero-order valence-corrected chi connectivity index (χ0v) is 19.4. The quantitative estimate of drug-likeness (QED) is 0.402. The van der Waals surface area contributed by atoms with Crippen LogP contribution in [0.3, 0.4) is 0 Å². The Morgan fingerprint density at radius 2 is 1.61 bits per heavy atom. The summed E-state index contributed by atoms with van der Waals surface area (Å²) >= 11 is 5.83. The largest absolute Gasteiger partial charge is 0.436 e. The van der Waals surface area contributed by atoms with E-state index in [9.17, 15) is 13.2 Å². The first-order valence-corrected chi connectivity index (χ1v) is 11.8. The number of para-hydroxylation sites is 1. The van der Waals surface area contributed by atoms with Gasteiger partial charge >= 0.3 is 0 Å². The van der Waals surface area contributed by atoms with E-state index in [-0.39, 0.29) is 16.0 Å². The Balaban J connectivity index is 1.75. The summed E-state index contributed by atoms with van der Waals surface area (Å²) in [6, 6.07) is 20.0. The summed E-state index contributed by atoms with van der Waals surface area (Å²) in [6.45, 7) is 3.86. The summed E-state index contributed by atoms with van der Waals surface area (Å²) < 4.78 is 31.0. The number of carbonyl (C=O) groups excluding carboxylic acids is 1. The number of sulfonamides is 1. The third-order valence-electron chi connectivity index (χ3n) is 4.77. The third-order valence-corrected chi connectivity index (χ3v) is 6.25. The maximum atomic E-state index is 13.1. The van der Waals surface area contributed by atoms with Crippen LogP contribution < -0.4 is 15.7 Å². The van der Waals surface area contributed by atoms with E-state index in [4.69, 9.17) is 16.0 Å². The number of hydrogen-bond acceptors (Lipinski definition) is 5. The van der Waals surface area contributed by atoms with Gasteiger partial charge in [0.1, 0.15) is 11.1 Å². The van der Waals surface area contributed by atoms with E-state index >= 15 is 0 Å². The lowest BCUT2D eigenvalue weighted by Gasteiger charge is -2.09. The Bertz CT molecular complexity index is 1510. The number of rotatable bonds is 5. The molecule has 9 heteroatoms. The fraction of sp³-hybridized carbons (Fsp3) is 0.0833. The summed E-state index contributed by atoms with van der Waals surface area (Å²) in [7, 11) is -4.01. The summed E-state index contributed by atoms with van der Waals surface area (Å²) in [4.78, 5) is 15.2. The summed E-state index contributed by atoms with van der Waals surface area (Å²) in [5.74, 6) is -0.487. The van der Waals surface area contributed by atoms with Crippen LogP contribution in [0.1, 0.15) is 21.5 Å². The van der Waals surface area contributed by atoms with Crippen molar-refractivity contribution in [3.05, 3.63) is 100 Å². The second kappa shape index (κ2) is 9.09. The Morgan fingerprint density at radius 1 is 0.939 bits per heavy atom. The van der Waals surface area contributed by atoms with Crippen molar-refractivity contribution in [2.45, 2.75) is 18.7 Å². The Kier molecular flexibility index (Phi) is 6.22. The van der Waals surface area contributed by atoms with Crippen molar-refractivity contribution in [2.24, 2.45) is 5.10 Å². The fourth-order valence-corrected chi connectivity index (χ4v) is 4.26. The average molecular weight is 482 g/mol. The maximum Gasteiger partial charge on any atom is 0.276 e. The monoisotopic (exact) mass is 481 g/mol. The van der Waals surface area contributed by atoms with Crippen molar-refractivity contribution in [3.8, 4) is 0 Å². The lowest BCUT2D eigenvalue weighted by atomic mass is 10.1. The van der Waals surface area contributed by atoms with E-state index in [1.807, 2.05) is 38.1 Å². The molecule has 1 aromatic heterocycles. The first kappa shape index (κ1) is 22.6. The first-order chi connectivity index (χ1) is 15.7. The molecule has 1 heterocycles. The molecule has 0 aliphatic heterocycles. The number of fused-ring (bicyclic) bond motifs is 1. The van der Waals surface area contributed by atoms with Gasteiger partial charge in [0.25, 0.3) is 15.9 Å². The second-order valence-corrected chi connectivity index (χ2v) is 9.59. The van der Waals surface area contributed by atoms with Crippen LogP contribution in [-0.4, -0.2) is 14.3 Å². The van der Waals surface area contributed by atoms with Crippen LogP contribution in [0.25, 0.3) is 11.0 Å². The molecule has 168 valence electrons. The SMILES string of the molecule is Cc1cc(C)cc(NC(=O)c2cc3ccccc3o/c2=N\NS(=O)(=O)c2ccc(Cl)cc2)c1. The lowest BCUT2D eigenvalue weighted by Crippen LogP contribution is -2.27. The van der Waals surface area contributed by atoms with Crippen LogP contribution >= 0.6 is 11.6 Å². The first-order valence-electron chi connectivity index (χ1n) is 9.95. The number of anilines is 1. The Morgan fingerprint density at radius 3 is 2.30 bits per heavy atom. The number of amides is 1. The number of aryl methyl sites for hydroxylation is 2. The molecule has 0 saturated carbocycles. The van der Waals surface area contributed by atoms with Gasteiger partial charge in [0.2, 0.25) is 5.55 Å². The number of hydrogen-bond donors (Lipinski definition) is 2. The molecule has 0 atom stereocenters. The van der Waals surface area contributed by atoms with Crippen molar-refractivity contribution in [2.75, 3.05) is 5.32 Å². The minimum absolute atomic E-state index is 0.0299. The summed E-state index contributed by atoms with van der Waals surface area (Å²) in [5.41, 5.74) is 2.95. The summed E-state index contributed by atoms with van der Waals surface area (Å²) in [6.07, 6.45) is 0. The molecule has 1 amide bonds. The van der Waals surface area contributed by atoms with Gasteiger partial charge in [-0.1, -0.05) is 35.9 Å². The molecular formula is C24H20ClN3O4S. The van der Waals surface area contributed by atoms with Gasteiger partial charge < -0.3 is 9.73 Å². The lowest BCUT2D eigenvalue weighted by molar-refractivity contribution is 0.102. The smallest absolute Gasteiger partial charge is 0.276 e. The van der Waals surface area contributed by atoms with Gasteiger partial charge in [-0.3, -0.25) is 4.79 Å². The van der Waals surface area contributed by atoms with Gasteiger partial charge in [-0.05, 0) is 73.5 Å². The van der Waals surface area contributed by atoms with Crippen LogP contribution in [0.15, 0.2) is 87.2 Å². The minimum Gasteiger partial charge on any atom is -0.436 e. The van der Waals surface area contributed by atoms with Crippen molar-refractivity contribution in [1.29, 1.82) is 0 Å². The highest BCUT2D eigenvalue weighted by atomic mass is 35.5. The molecule has 0 aliphatic rings. The van der Waals surface area contributed by atoms with E-state index in [0.717, 1.165) is 11.1 Å². The van der Waals surface area contributed by atoms with E-state index in [2.05, 4.69) is 15.2 Å². The normalized spacial score (nSPS) is 12.0. The molecule has 0 spiro atoms. The third kappa shape index (κ3) is 5.24. The van der Waals surface area contributed by atoms with Crippen LogP contribution in [0, 0.1) is 13.8 Å². The van der Waals surface area contributed by atoms with E-state index in [0.29, 0.717) is 21.7 Å². The van der Waals surface area contributed by atoms with Gasteiger partial charge in [0, 0.05) is 16.1 Å². The number of halogens is 1. The van der Waals surface area contributed by atoms with Crippen molar-refractivity contribution in [1.82, 2.24) is 4.83 Å². The van der Waals surface area contributed by atoms with Gasteiger partial charge in [-0.25, -0.2) is 0 Å². The number of benzene rings is 3. The molecular weight excluding hydrogens is 462 g/mol. The Labute approximate surface area is 195 Å². The van der Waals surface area contributed by atoms with Crippen LogP contribution in [0.2, 0.25) is 5.02 Å². The molecule has 7 nitrogen and oxygen atoms in total. The van der Waals surface area contributed by atoms with Crippen molar-refractivity contribution < 1.29 is 17.6 Å². The van der Waals surface area contributed by atoms with E-state index < -0.39 is 15.9 Å². The standard InChI is InChI=1S/C24H20ClN3O4S/c1-15-11-16(2)13-19(12-15)26-23(29)21-14-17-5-3-4-6-22(17)32-24(21)27-28-33(30,31)20-9-7-18(25)8-10-20/h3-14,28H,1-2H3,(H,26,29)/b27-24-. The molecule has 3 aromatic carbocycles. The average Bonchev–Trinajstić information content (AvgIpc) is 2.76. The maximum absolute atomic E-state index is 13.1. The fourth-order valence-electron chi connectivity index (χ4n) is 3.33. The number of nitrogens with one attached hydrogen (secondary N) is 2. The molecule has 2 N–H and O–H groups in total. The van der Waals surface area contributed by atoms with Crippen LogP contribution in [0.4, 0.5) is 5.69 Å². The molecule has 0 aliphatic carbocycles. The molecule has 0 radical (unpaired) electrons. The highest BCUT2D eigenvalue weighted by Gasteiger charge is 2.16. The zero-order chi connectivity index (χ0) is 23.6. The van der Waals surface area contributed by atoms with Gasteiger partial charge in [0.05, 0.1) is 4.90 Å². The highest BCUT2D eigenvalue weighted by Crippen LogP contribution is 2.17. The predicted molar refractivity (Wildman–Crippen MR) is 127 cm³/mol. The minimum atomic E-state index is -4.01. The molecule has 4 aromatic rings. The molecule has 4 rings (SSSR count). The highest BCUT2D eigenvalue weighted by molar-refractivity contribution is 7.89. The van der Waals surface area contributed by atoms with Gasteiger partial charge in [-0.15, -0.1) is 5.10 Å². The number of nitrogens with zero attached hydrogens (tertiary/aromatic N) is 1. The number of carbonyl (C=O) groups is 1. The second-order valence-electron chi connectivity index (χ2n) is 7.49. The van der Waals surface area contributed by atoms with Gasteiger partial charge in [0.15, 0.2) is 0 Å². The zero-order valence-electron chi connectivity index (χ0n) is 17.8. The molecule has 0 saturated heterocycles. The van der Waals surface area contributed by atoms with Gasteiger partial charge in [-0.2, -0.15) is 13.2 Å². The van der Waals surface area contributed by atoms with Crippen LogP contribution in [-0.2, 0) is 10.0 Å². The molecule has 33 heavy (non-hydrogen) atoms.